The van der Waals surface area contributed by atoms with Gasteiger partial charge < -0.3 is 5.32 Å². The van der Waals surface area contributed by atoms with Crippen LogP contribution in [0.25, 0.3) is 10.7 Å². The first-order valence-corrected chi connectivity index (χ1v) is 6.36. The summed E-state index contributed by atoms with van der Waals surface area (Å²) in [6.45, 7) is 1.79. The van der Waals surface area contributed by atoms with E-state index in [1.54, 1.807) is 29.9 Å². The van der Waals surface area contributed by atoms with E-state index >= 15 is 0 Å². The van der Waals surface area contributed by atoms with E-state index in [1.807, 2.05) is 17.5 Å². The molecule has 2 aromatic rings. The van der Waals surface area contributed by atoms with E-state index in [0.717, 1.165) is 4.88 Å². The predicted octanol–water partition coefficient (Wildman–Crippen LogP) is 1.98. The minimum atomic E-state index is -0.386. The Morgan fingerprint density at radius 3 is 3.06 bits per heavy atom. The van der Waals surface area contributed by atoms with Crippen molar-refractivity contribution in [2.24, 2.45) is 0 Å². The van der Waals surface area contributed by atoms with Crippen LogP contribution in [0.4, 0.5) is 0 Å². The number of thiophene rings is 1. The van der Waals surface area contributed by atoms with Crippen molar-refractivity contribution in [2.45, 2.75) is 13.0 Å². The molecule has 0 aliphatic carbocycles. The minimum absolute atomic E-state index is 0.0969. The summed E-state index contributed by atoms with van der Waals surface area (Å²) in [4.78, 5) is 12.6. The van der Waals surface area contributed by atoms with Crippen LogP contribution < -0.4 is 5.32 Å². The molecule has 5 nitrogen and oxygen atoms in total. The van der Waals surface area contributed by atoms with Crippen LogP contribution in [0.5, 0.6) is 0 Å². The van der Waals surface area contributed by atoms with Crippen LogP contribution in [-0.4, -0.2) is 27.7 Å². The number of nitrogens with one attached hydrogen (secondary N) is 2. The maximum Gasteiger partial charge on any atom is 0.242 e. The largest absolute Gasteiger partial charge is 0.357 e. The van der Waals surface area contributed by atoms with Crippen molar-refractivity contribution in [3.8, 4) is 10.7 Å². The fourth-order valence-electron chi connectivity index (χ4n) is 1.57. The highest BCUT2D eigenvalue weighted by molar-refractivity contribution is 7.71. The summed E-state index contributed by atoms with van der Waals surface area (Å²) in [6.07, 6.45) is 0. The Morgan fingerprint density at radius 1 is 1.71 bits per heavy atom. The number of hydrogen-bond acceptors (Lipinski definition) is 4. The van der Waals surface area contributed by atoms with Gasteiger partial charge in [0.05, 0.1) is 4.88 Å². The Bertz CT molecular complexity index is 569. The zero-order valence-corrected chi connectivity index (χ0v) is 11.1. The van der Waals surface area contributed by atoms with Crippen molar-refractivity contribution in [1.29, 1.82) is 0 Å². The summed E-state index contributed by atoms with van der Waals surface area (Å²) in [5.74, 6) is 0.599. The van der Waals surface area contributed by atoms with Crippen molar-refractivity contribution < 1.29 is 4.79 Å². The maximum atomic E-state index is 11.7. The molecule has 1 amide bonds. The van der Waals surface area contributed by atoms with Gasteiger partial charge in [0.1, 0.15) is 6.04 Å². The minimum Gasteiger partial charge on any atom is -0.357 e. The van der Waals surface area contributed by atoms with Gasteiger partial charge in [0.25, 0.3) is 0 Å². The van der Waals surface area contributed by atoms with Crippen molar-refractivity contribution >= 4 is 29.5 Å². The molecule has 90 valence electrons. The van der Waals surface area contributed by atoms with Crippen LogP contribution in [0.15, 0.2) is 17.5 Å². The number of carbonyl (C=O) groups is 1. The van der Waals surface area contributed by atoms with Crippen LogP contribution in [0.3, 0.4) is 0 Å². The first-order valence-electron chi connectivity index (χ1n) is 5.07. The summed E-state index contributed by atoms with van der Waals surface area (Å²) in [5.41, 5.74) is 0. The average Bonchev–Trinajstić information content (AvgIpc) is 2.95. The number of H-pyrrole nitrogens is 1. The van der Waals surface area contributed by atoms with Gasteiger partial charge in [-0.1, -0.05) is 6.07 Å². The molecule has 2 heterocycles. The summed E-state index contributed by atoms with van der Waals surface area (Å²) in [7, 11) is 1.60. The number of carbonyl (C=O) groups excluding carboxylic acids is 1. The van der Waals surface area contributed by atoms with E-state index in [9.17, 15) is 4.79 Å². The van der Waals surface area contributed by atoms with Crippen LogP contribution >= 0.6 is 23.6 Å². The van der Waals surface area contributed by atoms with Gasteiger partial charge in [-0.2, -0.15) is 5.10 Å². The van der Waals surface area contributed by atoms with Gasteiger partial charge in [-0.25, -0.2) is 0 Å². The van der Waals surface area contributed by atoms with Crippen molar-refractivity contribution in [1.82, 2.24) is 20.1 Å². The van der Waals surface area contributed by atoms with Gasteiger partial charge in [-0.3, -0.25) is 14.5 Å². The van der Waals surface area contributed by atoms with Gasteiger partial charge in [-0.15, -0.1) is 11.3 Å². The Morgan fingerprint density at radius 2 is 2.47 bits per heavy atom. The smallest absolute Gasteiger partial charge is 0.242 e. The summed E-state index contributed by atoms with van der Waals surface area (Å²) in [6, 6.07) is 3.50. The van der Waals surface area contributed by atoms with Crippen molar-refractivity contribution in [3.63, 3.8) is 0 Å². The molecule has 2 rings (SSSR count). The molecule has 0 aliphatic rings. The standard InChI is InChI=1S/C10H12N4OS2/c1-6(9(15)11-2)14-8(12-13-10(14)16)7-4-3-5-17-7/h3-6H,1-2H3,(H,11,15)(H,13,16)/t6-/m1/s1. The molecule has 0 spiro atoms. The van der Waals surface area contributed by atoms with E-state index in [4.69, 9.17) is 12.2 Å². The molecule has 0 aromatic carbocycles. The van der Waals surface area contributed by atoms with E-state index in [1.165, 1.54) is 0 Å². The Balaban J connectivity index is 2.50. The fraction of sp³-hybridized carbons (Fsp3) is 0.300. The molecule has 0 radical (unpaired) electrons. The van der Waals surface area contributed by atoms with Gasteiger partial charge in [0.2, 0.25) is 5.91 Å². The molecule has 7 heteroatoms. The second kappa shape index (κ2) is 4.80. The SMILES string of the molecule is CNC(=O)[C@@H](C)n1c(-c2cccs2)n[nH]c1=S. The Kier molecular flexibility index (Phi) is 3.39. The fourth-order valence-corrected chi connectivity index (χ4v) is 2.57. The first kappa shape index (κ1) is 12.0. The maximum absolute atomic E-state index is 11.7. The number of nitrogens with zero attached hydrogens (tertiary/aromatic N) is 2. The number of hydrogen-bond donors (Lipinski definition) is 2. The predicted molar refractivity (Wildman–Crippen MR) is 69.5 cm³/mol. The van der Waals surface area contributed by atoms with Crippen molar-refractivity contribution in [3.05, 3.63) is 22.3 Å². The third kappa shape index (κ3) is 2.16. The lowest BCUT2D eigenvalue weighted by Crippen LogP contribution is -2.28. The Hall–Kier alpha value is -1.47. The molecule has 0 unspecified atom stereocenters. The summed E-state index contributed by atoms with van der Waals surface area (Å²) >= 11 is 6.72. The highest BCUT2D eigenvalue weighted by atomic mass is 32.1. The molecular formula is C10H12N4OS2. The average molecular weight is 268 g/mol. The molecule has 0 bridgehead atoms. The molecule has 2 N–H and O–H groups in total. The molecule has 0 saturated heterocycles. The second-order valence-corrected chi connectivity index (χ2v) is 4.82. The first-order chi connectivity index (χ1) is 8.15. The highest BCUT2D eigenvalue weighted by Gasteiger charge is 2.19. The lowest BCUT2D eigenvalue weighted by Gasteiger charge is -2.13. The van der Waals surface area contributed by atoms with Crippen molar-refractivity contribution in [2.75, 3.05) is 7.05 Å². The second-order valence-electron chi connectivity index (χ2n) is 3.49. The normalized spacial score (nSPS) is 12.4. The third-order valence-corrected chi connectivity index (χ3v) is 3.61. The molecule has 0 saturated carbocycles. The van der Waals surface area contributed by atoms with Gasteiger partial charge in [0.15, 0.2) is 10.6 Å². The van der Waals surface area contributed by atoms with E-state index in [0.29, 0.717) is 10.6 Å². The number of aromatic amines is 1. The van der Waals surface area contributed by atoms with Gasteiger partial charge >= 0.3 is 0 Å². The highest BCUT2D eigenvalue weighted by Crippen LogP contribution is 2.25. The Labute approximate surface area is 107 Å². The van der Waals surface area contributed by atoms with Crippen LogP contribution in [0.1, 0.15) is 13.0 Å². The van der Waals surface area contributed by atoms with Crippen LogP contribution in [0, 0.1) is 4.77 Å². The molecular weight excluding hydrogens is 256 g/mol. The molecule has 0 fully saturated rings. The number of likely N-dealkylation sites (N-methyl/N-ethyl adjacent to an activating group) is 1. The number of aromatic nitrogens is 3. The van der Waals surface area contributed by atoms with Gasteiger partial charge in [-0.05, 0) is 30.6 Å². The lowest BCUT2D eigenvalue weighted by atomic mass is 10.3. The third-order valence-electron chi connectivity index (χ3n) is 2.46. The molecule has 2 aromatic heterocycles. The van der Waals surface area contributed by atoms with Gasteiger partial charge in [0, 0.05) is 7.05 Å². The summed E-state index contributed by atoms with van der Waals surface area (Å²) < 4.78 is 2.17. The molecule has 17 heavy (non-hydrogen) atoms. The van der Waals surface area contributed by atoms with E-state index in [-0.39, 0.29) is 11.9 Å². The van der Waals surface area contributed by atoms with Crippen LogP contribution in [-0.2, 0) is 4.79 Å². The molecule has 1 atom stereocenters. The monoisotopic (exact) mass is 268 g/mol. The zero-order valence-electron chi connectivity index (χ0n) is 9.43. The number of amides is 1. The zero-order chi connectivity index (χ0) is 12.4. The number of rotatable bonds is 3. The topological polar surface area (TPSA) is 62.7 Å². The van der Waals surface area contributed by atoms with Crippen LogP contribution in [0.2, 0.25) is 0 Å². The van der Waals surface area contributed by atoms with E-state index in [2.05, 4.69) is 15.5 Å². The summed E-state index contributed by atoms with van der Waals surface area (Å²) in [5, 5.41) is 11.5. The molecule has 0 aliphatic heterocycles. The quantitative estimate of drug-likeness (QED) is 0.837. The van der Waals surface area contributed by atoms with E-state index < -0.39 is 0 Å². The lowest BCUT2D eigenvalue weighted by molar-refractivity contribution is -0.123.